The number of hydrogen-bond donors (Lipinski definition) is 2. The molecule has 0 aromatic heterocycles. The van der Waals surface area contributed by atoms with Gasteiger partial charge in [-0.05, 0) is 43.8 Å². The maximum absolute atomic E-state index is 5.48. The minimum Gasteiger partial charge on any atom is -0.385 e. The van der Waals surface area contributed by atoms with Crippen molar-refractivity contribution in [3.63, 3.8) is 0 Å². The SMILES string of the molecule is CCN(CC)Cc1cccc(NCCCN)c1. The van der Waals surface area contributed by atoms with Crippen molar-refractivity contribution in [2.24, 2.45) is 5.73 Å². The van der Waals surface area contributed by atoms with Gasteiger partial charge in [0.2, 0.25) is 0 Å². The molecule has 1 aromatic carbocycles. The van der Waals surface area contributed by atoms with Gasteiger partial charge in [0.05, 0.1) is 0 Å². The van der Waals surface area contributed by atoms with Crippen molar-refractivity contribution in [2.45, 2.75) is 26.8 Å². The molecule has 1 rings (SSSR count). The van der Waals surface area contributed by atoms with Crippen molar-refractivity contribution in [2.75, 3.05) is 31.5 Å². The van der Waals surface area contributed by atoms with Crippen LogP contribution in [0.25, 0.3) is 0 Å². The molecular weight excluding hydrogens is 210 g/mol. The van der Waals surface area contributed by atoms with Crippen LogP contribution in [-0.2, 0) is 6.54 Å². The van der Waals surface area contributed by atoms with Gasteiger partial charge >= 0.3 is 0 Å². The average molecular weight is 235 g/mol. The fourth-order valence-corrected chi connectivity index (χ4v) is 1.82. The first-order valence-electron chi connectivity index (χ1n) is 6.55. The van der Waals surface area contributed by atoms with E-state index in [-0.39, 0.29) is 0 Å². The lowest BCUT2D eigenvalue weighted by Gasteiger charge is -2.18. The molecule has 3 nitrogen and oxygen atoms in total. The molecule has 0 radical (unpaired) electrons. The zero-order valence-corrected chi connectivity index (χ0v) is 11.1. The van der Waals surface area contributed by atoms with Gasteiger partial charge in [-0.2, -0.15) is 0 Å². The summed E-state index contributed by atoms with van der Waals surface area (Å²) in [6.07, 6.45) is 1.01. The first-order chi connectivity index (χ1) is 8.30. The van der Waals surface area contributed by atoms with Crippen LogP contribution in [-0.4, -0.2) is 31.1 Å². The summed E-state index contributed by atoms with van der Waals surface area (Å²) in [5.41, 5.74) is 8.04. The minimum atomic E-state index is 0.742. The molecule has 1 aromatic rings. The van der Waals surface area contributed by atoms with Gasteiger partial charge in [-0.1, -0.05) is 26.0 Å². The Morgan fingerprint density at radius 1 is 1.24 bits per heavy atom. The van der Waals surface area contributed by atoms with E-state index in [0.29, 0.717) is 0 Å². The second-order valence-corrected chi connectivity index (χ2v) is 4.23. The van der Waals surface area contributed by atoms with E-state index in [1.54, 1.807) is 0 Å². The monoisotopic (exact) mass is 235 g/mol. The molecule has 0 spiro atoms. The molecule has 0 saturated carbocycles. The normalized spacial score (nSPS) is 10.8. The predicted octanol–water partition coefficient (Wildman–Crippen LogP) is 2.29. The maximum Gasteiger partial charge on any atom is 0.0343 e. The lowest BCUT2D eigenvalue weighted by molar-refractivity contribution is 0.296. The van der Waals surface area contributed by atoms with E-state index >= 15 is 0 Å². The number of nitrogens with one attached hydrogen (secondary N) is 1. The molecule has 0 unspecified atom stereocenters. The summed E-state index contributed by atoms with van der Waals surface area (Å²) in [4.78, 5) is 2.42. The number of rotatable bonds is 8. The highest BCUT2D eigenvalue weighted by molar-refractivity contribution is 5.45. The standard InChI is InChI=1S/C14H25N3/c1-3-17(4-2)12-13-7-5-8-14(11-13)16-10-6-9-15/h5,7-8,11,16H,3-4,6,9-10,12,15H2,1-2H3. The van der Waals surface area contributed by atoms with E-state index < -0.39 is 0 Å². The Morgan fingerprint density at radius 2 is 2.00 bits per heavy atom. The lowest BCUT2D eigenvalue weighted by Crippen LogP contribution is -2.22. The smallest absolute Gasteiger partial charge is 0.0343 e. The van der Waals surface area contributed by atoms with Crippen molar-refractivity contribution in [1.82, 2.24) is 4.90 Å². The van der Waals surface area contributed by atoms with Gasteiger partial charge in [-0.25, -0.2) is 0 Å². The highest BCUT2D eigenvalue weighted by Gasteiger charge is 2.01. The number of benzene rings is 1. The van der Waals surface area contributed by atoms with Gasteiger partial charge in [0.1, 0.15) is 0 Å². The predicted molar refractivity (Wildman–Crippen MR) is 75.2 cm³/mol. The summed E-state index contributed by atoms with van der Waals surface area (Å²) in [7, 11) is 0. The third kappa shape index (κ3) is 5.20. The Kier molecular flexibility index (Phi) is 6.67. The Morgan fingerprint density at radius 3 is 2.65 bits per heavy atom. The van der Waals surface area contributed by atoms with E-state index in [2.05, 4.69) is 48.3 Å². The maximum atomic E-state index is 5.48. The summed E-state index contributed by atoms with van der Waals surface area (Å²) < 4.78 is 0. The first kappa shape index (κ1) is 14.0. The van der Waals surface area contributed by atoms with Crippen molar-refractivity contribution in [1.29, 1.82) is 0 Å². The van der Waals surface area contributed by atoms with E-state index in [9.17, 15) is 0 Å². The molecule has 0 aliphatic rings. The largest absolute Gasteiger partial charge is 0.385 e. The summed E-state index contributed by atoms with van der Waals surface area (Å²) >= 11 is 0. The summed E-state index contributed by atoms with van der Waals surface area (Å²) in [6.45, 7) is 9.32. The summed E-state index contributed by atoms with van der Waals surface area (Å²) in [5, 5.41) is 3.40. The van der Waals surface area contributed by atoms with Crippen LogP contribution in [0.15, 0.2) is 24.3 Å². The summed E-state index contributed by atoms with van der Waals surface area (Å²) in [6, 6.07) is 8.65. The van der Waals surface area contributed by atoms with E-state index in [1.165, 1.54) is 11.3 Å². The minimum absolute atomic E-state index is 0.742. The van der Waals surface area contributed by atoms with Gasteiger partial charge in [0.25, 0.3) is 0 Å². The van der Waals surface area contributed by atoms with Crippen LogP contribution in [0.5, 0.6) is 0 Å². The lowest BCUT2D eigenvalue weighted by atomic mass is 10.2. The van der Waals surface area contributed by atoms with Gasteiger partial charge in [-0.15, -0.1) is 0 Å². The van der Waals surface area contributed by atoms with Gasteiger partial charge in [-0.3, -0.25) is 4.90 Å². The first-order valence-corrected chi connectivity index (χ1v) is 6.55. The molecular formula is C14H25N3. The van der Waals surface area contributed by atoms with Gasteiger partial charge in [0, 0.05) is 18.8 Å². The highest BCUT2D eigenvalue weighted by atomic mass is 15.1. The third-order valence-corrected chi connectivity index (χ3v) is 2.94. The number of nitrogens with two attached hydrogens (primary N) is 1. The highest BCUT2D eigenvalue weighted by Crippen LogP contribution is 2.12. The molecule has 17 heavy (non-hydrogen) atoms. The van der Waals surface area contributed by atoms with Crippen LogP contribution in [0.3, 0.4) is 0 Å². The molecule has 0 amide bonds. The Hall–Kier alpha value is -1.06. The van der Waals surface area contributed by atoms with Crippen LogP contribution in [0.4, 0.5) is 5.69 Å². The molecule has 0 fully saturated rings. The topological polar surface area (TPSA) is 41.3 Å². The third-order valence-electron chi connectivity index (χ3n) is 2.94. The molecule has 0 aliphatic carbocycles. The molecule has 0 bridgehead atoms. The van der Waals surface area contributed by atoms with Crippen LogP contribution in [0.2, 0.25) is 0 Å². The van der Waals surface area contributed by atoms with Gasteiger partial charge in [0.15, 0.2) is 0 Å². The van der Waals surface area contributed by atoms with Crippen LogP contribution in [0, 0.1) is 0 Å². The van der Waals surface area contributed by atoms with E-state index in [1.807, 2.05) is 0 Å². The van der Waals surface area contributed by atoms with Gasteiger partial charge < -0.3 is 11.1 Å². The quantitative estimate of drug-likeness (QED) is 0.679. The zero-order chi connectivity index (χ0) is 12.5. The number of anilines is 1. The Bertz CT molecular complexity index is 308. The fraction of sp³-hybridized carbons (Fsp3) is 0.571. The van der Waals surface area contributed by atoms with Crippen molar-refractivity contribution in [3.05, 3.63) is 29.8 Å². The number of nitrogens with zero attached hydrogens (tertiary/aromatic N) is 1. The molecule has 96 valence electrons. The second-order valence-electron chi connectivity index (χ2n) is 4.23. The molecule has 0 saturated heterocycles. The van der Waals surface area contributed by atoms with Crippen LogP contribution < -0.4 is 11.1 Å². The Balaban J connectivity index is 2.52. The zero-order valence-electron chi connectivity index (χ0n) is 11.1. The molecule has 0 aliphatic heterocycles. The van der Waals surface area contributed by atoms with Crippen molar-refractivity contribution in [3.8, 4) is 0 Å². The molecule has 3 heteroatoms. The molecule has 0 heterocycles. The van der Waals surface area contributed by atoms with Crippen LogP contribution in [0.1, 0.15) is 25.8 Å². The molecule has 3 N–H and O–H groups in total. The fourth-order valence-electron chi connectivity index (χ4n) is 1.82. The van der Waals surface area contributed by atoms with E-state index in [4.69, 9.17) is 5.73 Å². The van der Waals surface area contributed by atoms with Crippen LogP contribution >= 0.6 is 0 Å². The van der Waals surface area contributed by atoms with E-state index in [0.717, 1.165) is 39.1 Å². The van der Waals surface area contributed by atoms with Crippen molar-refractivity contribution < 1.29 is 0 Å². The summed E-state index contributed by atoms with van der Waals surface area (Å²) in [5.74, 6) is 0. The molecule has 0 atom stereocenters. The average Bonchev–Trinajstić information content (AvgIpc) is 2.37. The second kappa shape index (κ2) is 8.09. The van der Waals surface area contributed by atoms with Crippen molar-refractivity contribution >= 4 is 5.69 Å². The Labute approximate surface area is 105 Å². The number of hydrogen-bond acceptors (Lipinski definition) is 3.